The molecule has 0 saturated carbocycles. The van der Waals surface area contributed by atoms with Crippen molar-refractivity contribution in [2.75, 3.05) is 6.54 Å². The third kappa shape index (κ3) is 5.58. The van der Waals surface area contributed by atoms with Crippen molar-refractivity contribution in [3.63, 3.8) is 0 Å². The molecule has 0 aliphatic carbocycles. The maximum absolute atomic E-state index is 3.54. The normalized spacial score (nSPS) is 18.2. The zero-order chi connectivity index (χ0) is 10.3. The van der Waals surface area contributed by atoms with Crippen LogP contribution in [0.25, 0.3) is 0 Å². The molecule has 3 atom stereocenters. The fraction of sp³-hybridized carbons (Fsp3) is 1.00. The van der Waals surface area contributed by atoms with Crippen molar-refractivity contribution < 1.29 is 0 Å². The molecule has 0 fully saturated rings. The molecule has 0 aliphatic heterocycles. The molecule has 1 nitrogen and oxygen atoms in total. The zero-order valence-electron chi connectivity index (χ0n) is 9.76. The maximum Gasteiger partial charge on any atom is 0.0181 e. The monoisotopic (exact) mass is 203 g/mol. The summed E-state index contributed by atoms with van der Waals surface area (Å²) in [6.07, 6.45) is 2.51. The Hall–Kier alpha value is 0.310. The Kier molecular flexibility index (Phi) is 7.87. The highest BCUT2D eigenvalue weighted by Gasteiger charge is 2.16. The SMILES string of the molecule is CCNC(CC)C(C)SC(C)CC. The molecule has 0 bridgehead atoms. The molecular weight excluding hydrogens is 178 g/mol. The van der Waals surface area contributed by atoms with Crippen LogP contribution in [0.1, 0.15) is 47.5 Å². The summed E-state index contributed by atoms with van der Waals surface area (Å²) in [5, 5.41) is 5.07. The Balaban J connectivity index is 3.82. The maximum atomic E-state index is 3.54. The lowest BCUT2D eigenvalue weighted by Crippen LogP contribution is -2.36. The number of nitrogens with one attached hydrogen (secondary N) is 1. The second-order valence-corrected chi connectivity index (χ2v) is 5.45. The molecule has 13 heavy (non-hydrogen) atoms. The highest BCUT2D eigenvalue weighted by molar-refractivity contribution is 8.00. The van der Waals surface area contributed by atoms with Gasteiger partial charge in [0.1, 0.15) is 0 Å². The summed E-state index contributed by atoms with van der Waals surface area (Å²) in [4.78, 5) is 0. The van der Waals surface area contributed by atoms with Crippen LogP contribution in [0.5, 0.6) is 0 Å². The van der Waals surface area contributed by atoms with Crippen LogP contribution in [0, 0.1) is 0 Å². The molecule has 0 aliphatic rings. The van der Waals surface area contributed by atoms with Crippen molar-refractivity contribution in [1.29, 1.82) is 0 Å². The van der Waals surface area contributed by atoms with Crippen LogP contribution < -0.4 is 5.32 Å². The summed E-state index contributed by atoms with van der Waals surface area (Å²) in [5.41, 5.74) is 0. The first-order chi connectivity index (χ1) is 6.15. The predicted octanol–water partition coefficient (Wildman–Crippen LogP) is 3.29. The fourth-order valence-corrected chi connectivity index (χ4v) is 2.87. The van der Waals surface area contributed by atoms with Gasteiger partial charge >= 0.3 is 0 Å². The van der Waals surface area contributed by atoms with Crippen molar-refractivity contribution >= 4 is 11.8 Å². The minimum atomic E-state index is 0.684. The summed E-state index contributed by atoms with van der Waals surface area (Å²) in [6.45, 7) is 12.5. The van der Waals surface area contributed by atoms with Gasteiger partial charge < -0.3 is 5.32 Å². The minimum Gasteiger partial charge on any atom is -0.313 e. The van der Waals surface area contributed by atoms with E-state index in [0.29, 0.717) is 6.04 Å². The van der Waals surface area contributed by atoms with Gasteiger partial charge in [-0.3, -0.25) is 0 Å². The first-order valence-corrected chi connectivity index (χ1v) is 6.48. The van der Waals surface area contributed by atoms with Crippen LogP contribution in [-0.4, -0.2) is 23.1 Å². The van der Waals surface area contributed by atoms with Crippen molar-refractivity contribution in [1.82, 2.24) is 5.32 Å². The van der Waals surface area contributed by atoms with Crippen molar-refractivity contribution in [2.24, 2.45) is 0 Å². The van der Waals surface area contributed by atoms with Crippen LogP contribution in [0.2, 0.25) is 0 Å². The largest absolute Gasteiger partial charge is 0.313 e. The third-order valence-electron chi connectivity index (χ3n) is 2.49. The number of hydrogen-bond acceptors (Lipinski definition) is 2. The highest BCUT2D eigenvalue weighted by atomic mass is 32.2. The first-order valence-electron chi connectivity index (χ1n) is 5.54. The molecule has 0 radical (unpaired) electrons. The van der Waals surface area contributed by atoms with Crippen LogP contribution in [0.3, 0.4) is 0 Å². The average molecular weight is 203 g/mol. The number of thioether (sulfide) groups is 1. The summed E-state index contributed by atoms with van der Waals surface area (Å²) in [6, 6.07) is 0.684. The molecule has 0 amide bonds. The van der Waals surface area contributed by atoms with Crippen LogP contribution >= 0.6 is 11.8 Å². The van der Waals surface area contributed by atoms with Gasteiger partial charge in [-0.1, -0.05) is 34.6 Å². The Labute approximate surface area is 88.1 Å². The van der Waals surface area contributed by atoms with Gasteiger partial charge in [0.05, 0.1) is 0 Å². The molecule has 1 N–H and O–H groups in total. The van der Waals surface area contributed by atoms with E-state index in [0.717, 1.165) is 17.0 Å². The van der Waals surface area contributed by atoms with Crippen molar-refractivity contribution in [3.8, 4) is 0 Å². The van der Waals surface area contributed by atoms with E-state index in [2.05, 4.69) is 51.7 Å². The Bertz CT molecular complexity index is 117. The van der Waals surface area contributed by atoms with E-state index in [4.69, 9.17) is 0 Å². The first kappa shape index (κ1) is 13.3. The Morgan fingerprint density at radius 2 is 1.69 bits per heavy atom. The van der Waals surface area contributed by atoms with Gasteiger partial charge in [-0.25, -0.2) is 0 Å². The van der Waals surface area contributed by atoms with E-state index < -0.39 is 0 Å². The fourth-order valence-electron chi connectivity index (χ4n) is 1.46. The Morgan fingerprint density at radius 1 is 1.08 bits per heavy atom. The number of hydrogen-bond donors (Lipinski definition) is 1. The van der Waals surface area contributed by atoms with Gasteiger partial charge in [0.15, 0.2) is 0 Å². The molecule has 2 heteroatoms. The van der Waals surface area contributed by atoms with E-state index in [1.54, 1.807) is 0 Å². The average Bonchev–Trinajstić information content (AvgIpc) is 2.13. The van der Waals surface area contributed by atoms with E-state index in [9.17, 15) is 0 Å². The molecule has 3 unspecified atom stereocenters. The zero-order valence-corrected chi connectivity index (χ0v) is 10.6. The lowest BCUT2D eigenvalue weighted by atomic mass is 10.2. The molecule has 80 valence electrons. The second-order valence-electron chi connectivity index (χ2n) is 3.63. The van der Waals surface area contributed by atoms with E-state index in [1.807, 2.05) is 0 Å². The molecule has 0 heterocycles. The molecular formula is C11H25NS. The molecule has 0 spiro atoms. The smallest absolute Gasteiger partial charge is 0.0181 e. The Morgan fingerprint density at radius 3 is 2.08 bits per heavy atom. The summed E-state index contributed by atoms with van der Waals surface area (Å²) >= 11 is 2.11. The minimum absolute atomic E-state index is 0.684. The molecule has 0 aromatic heterocycles. The number of rotatable bonds is 7. The topological polar surface area (TPSA) is 12.0 Å². The van der Waals surface area contributed by atoms with Gasteiger partial charge in [0.25, 0.3) is 0 Å². The molecule has 0 aromatic rings. The lowest BCUT2D eigenvalue weighted by Gasteiger charge is -2.25. The highest BCUT2D eigenvalue weighted by Crippen LogP contribution is 2.23. The van der Waals surface area contributed by atoms with Gasteiger partial charge in [0, 0.05) is 16.5 Å². The quantitative estimate of drug-likeness (QED) is 0.681. The van der Waals surface area contributed by atoms with Gasteiger partial charge in [-0.05, 0) is 19.4 Å². The van der Waals surface area contributed by atoms with Gasteiger partial charge in [-0.2, -0.15) is 11.8 Å². The van der Waals surface area contributed by atoms with Crippen LogP contribution in [0.4, 0.5) is 0 Å². The van der Waals surface area contributed by atoms with Gasteiger partial charge in [-0.15, -0.1) is 0 Å². The molecule has 0 aromatic carbocycles. The van der Waals surface area contributed by atoms with Crippen molar-refractivity contribution in [2.45, 2.75) is 64.0 Å². The van der Waals surface area contributed by atoms with E-state index in [1.165, 1.54) is 12.8 Å². The molecule has 0 rings (SSSR count). The van der Waals surface area contributed by atoms with Gasteiger partial charge in [0.2, 0.25) is 0 Å². The van der Waals surface area contributed by atoms with Crippen molar-refractivity contribution in [3.05, 3.63) is 0 Å². The summed E-state index contributed by atoms with van der Waals surface area (Å²) in [5.74, 6) is 0. The van der Waals surface area contributed by atoms with Crippen LogP contribution in [-0.2, 0) is 0 Å². The summed E-state index contributed by atoms with van der Waals surface area (Å²) < 4.78 is 0. The second kappa shape index (κ2) is 7.69. The van der Waals surface area contributed by atoms with Crippen LogP contribution in [0.15, 0.2) is 0 Å². The third-order valence-corrected chi connectivity index (χ3v) is 4.05. The molecule has 0 saturated heterocycles. The van der Waals surface area contributed by atoms with E-state index >= 15 is 0 Å². The predicted molar refractivity (Wildman–Crippen MR) is 64.6 cm³/mol. The van der Waals surface area contributed by atoms with E-state index in [-0.39, 0.29) is 0 Å². The standard InChI is InChI=1S/C11H25NS/c1-6-9(4)13-10(5)11(7-2)12-8-3/h9-12H,6-8H2,1-5H3. The lowest BCUT2D eigenvalue weighted by molar-refractivity contribution is 0.508. The summed E-state index contributed by atoms with van der Waals surface area (Å²) in [7, 11) is 0.